The van der Waals surface area contributed by atoms with Crippen LogP contribution >= 0.6 is 11.8 Å². The van der Waals surface area contributed by atoms with Crippen LogP contribution in [0.5, 0.6) is 0 Å². The molecule has 2 unspecified atom stereocenters. The minimum Gasteiger partial charge on any atom is -0.391 e. The molecule has 0 bridgehead atoms. The Labute approximate surface area is 125 Å². The first-order valence-corrected chi connectivity index (χ1v) is 8.41. The monoisotopic (exact) mass is 293 g/mol. The van der Waals surface area contributed by atoms with Crippen molar-refractivity contribution in [2.24, 2.45) is 5.92 Å². The van der Waals surface area contributed by atoms with Gasteiger partial charge in [-0.3, -0.25) is 4.79 Å². The Balaban J connectivity index is 1.98. The second kappa shape index (κ2) is 7.14. The number of amides is 1. The van der Waals surface area contributed by atoms with Crippen molar-refractivity contribution in [2.45, 2.75) is 32.1 Å². The maximum atomic E-state index is 12.4. The van der Waals surface area contributed by atoms with E-state index in [4.69, 9.17) is 0 Å². The van der Waals surface area contributed by atoms with Crippen molar-refractivity contribution < 1.29 is 9.90 Å². The summed E-state index contributed by atoms with van der Waals surface area (Å²) in [6.07, 6.45) is 0.478. The lowest BCUT2D eigenvalue weighted by molar-refractivity contribution is 0.0248. The van der Waals surface area contributed by atoms with Crippen molar-refractivity contribution >= 4 is 17.7 Å². The summed E-state index contributed by atoms with van der Waals surface area (Å²) in [4.78, 5) is 14.2. The first-order valence-electron chi connectivity index (χ1n) is 7.25. The Bertz CT molecular complexity index is 446. The van der Waals surface area contributed by atoms with Gasteiger partial charge in [-0.2, -0.15) is 11.8 Å². The maximum Gasteiger partial charge on any atom is 0.253 e. The van der Waals surface area contributed by atoms with Crippen LogP contribution in [-0.4, -0.2) is 40.9 Å². The number of piperidine rings is 1. The van der Waals surface area contributed by atoms with Gasteiger partial charge in [0.2, 0.25) is 0 Å². The third-order valence-electron chi connectivity index (χ3n) is 3.88. The molecule has 1 amide bonds. The Hall–Kier alpha value is -1.00. The SMILES string of the molecule is CCSCc1ccc(C(=O)N2CCC(C)C(O)C2)cc1. The zero-order valence-corrected chi connectivity index (χ0v) is 13.0. The number of likely N-dealkylation sites (tertiary alicyclic amines) is 1. The molecule has 2 rings (SSSR count). The number of carbonyl (C=O) groups is 1. The summed E-state index contributed by atoms with van der Waals surface area (Å²) in [6.45, 7) is 5.37. The van der Waals surface area contributed by atoms with Gasteiger partial charge in [0.15, 0.2) is 0 Å². The minimum atomic E-state index is -0.395. The Morgan fingerprint density at radius 3 is 2.70 bits per heavy atom. The topological polar surface area (TPSA) is 40.5 Å². The summed E-state index contributed by atoms with van der Waals surface area (Å²) in [6, 6.07) is 7.86. The molecule has 1 fully saturated rings. The van der Waals surface area contributed by atoms with Gasteiger partial charge in [-0.15, -0.1) is 0 Å². The number of thioether (sulfide) groups is 1. The van der Waals surface area contributed by atoms with Gasteiger partial charge in [-0.1, -0.05) is 26.0 Å². The number of β-amino-alcohol motifs (C(OH)–C–C–N with tert-alkyl or cyclic N) is 1. The van der Waals surface area contributed by atoms with E-state index in [1.807, 2.05) is 43.0 Å². The van der Waals surface area contributed by atoms with Crippen molar-refractivity contribution in [3.05, 3.63) is 35.4 Å². The fraction of sp³-hybridized carbons (Fsp3) is 0.562. The van der Waals surface area contributed by atoms with Crippen molar-refractivity contribution in [1.82, 2.24) is 4.90 Å². The number of hydrogen-bond acceptors (Lipinski definition) is 3. The normalized spacial score (nSPS) is 22.9. The van der Waals surface area contributed by atoms with E-state index >= 15 is 0 Å². The second-order valence-corrected chi connectivity index (χ2v) is 6.69. The van der Waals surface area contributed by atoms with Crippen LogP contribution in [0.4, 0.5) is 0 Å². The number of nitrogens with zero attached hydrogens (tertiary/aromatic N) is 1. The molecular weight excluding hydrogens is 270 g/mol. The molecule has 0 radical (unpaired) electrons. The molecule has 0 spiro atoms. The predicted octanol–water partition coefficient (Wildman–Crippen LogP) is 2.78. The summed E-state index contributed by atoms with van der Waals surface area (Å²) in [5.41, 5.74) is 1.97. The fourth-order valence-corrected chi connectivity index (χ4v) is 3.01. The molecule has 1 saturated heterocycles. The highest BCUT2D eigenvalue weighted by Crippen LogP contribution is 2.19. The van der Waals surface area contributed by atoms with E-state index in [-0.39, 0.29) is 11.8 Å². The number of aliphatic hydroxyl groups excluding tert-OH is 1. The zero-order chi connectivity index (χ0) is 14.5. The first kappa shape index (κ1) is 15.4. The highest BCUT2D eigenvalue weighted by Gasteiger charge is 2.27. The predicted molar refractivity (Wildman–Crippen MR) is 84.0 cm³/mol. The maximum absolute atomic E-state index is 12.4. The highest BCUT2D eigenvalue weighted by atomic mass is 32.2. The first-order chi connectivity index (χ1) is 9.61. The average molecular weight is 293 g/mol. The number of hydrogen-bond donors (Lipinski definition) is 1. The van der Waals surface area contributed by atoms with Gasteiger partial charge in [-0.05, 0) is 35.8 Å². The van der Waals surface area contributed by atoms with E-state index < -0.39 is 6.10 Å². The van der Waals surface area contributed by atoms with Crippen LogP contribution in [0.1, 0.15) is 36.2 Å². The van der Waals surface area contributed by atoms with Crippen LogP contribution in [-0.2, 0) is 5.75 Å². The number of aliphatic hydroxyl groups is 1. The van der Waals surface area contributed by atoms with Gasteiger partial charge in [0, 0.05) is 24.4 Å². The molecule has 1 aliphatic heterocycles. The number of benzene rings is 1. The fourth-order valence-electron chi connectivity index (χ4n) is 2.38. The molecule has 0 saturated carbocycles. The third-order valence-corrected chi connectivity index (χ3v) is 4.83. The van der Waals surface area contributed by atoms with E-state index in [1.165, 1.54) is 5.56 Å². The van der Waals surface area contributed by atoms with Crippen LogP contribution in [0.3, 0.4) is 0 Å². The summed E-state index contributed by atoms with van der Waals surface area (Å²) >= 11 is 1.88. The average Bonchev–Trinajstić information content (AvgIpc) is 2.48. The van der Waals surface area contributed by atoms with E-state index in [1.54, 1.807) is 4.90 Å². The van der Waals surface area contributed by atoms with Gasteiger partial charge in [0.1, 0.15) is 0 Å². The van der Waals surface area contributed by atoms with Gasteiger partial charge in [0.05, 0.1) is 6.10 Å². The van der Waals surface area contributed by atoms with Crippen molar-refractivity contribution in [3.63, 3.8) is 0 Å². The lowest BCUT2D eigenvalue weighted by Crippen LogP contribution is -2.45. The van der Waals surface area contributed by atoms with E-state index in [0.29, 0.717) is 6.54 Å². The molecule has 1 aliphatic rings. The lowest BCUT2D eigenvalue weighted by Gasteiger charge is -2.34. The Kier molecular flexibility index (Phi) is 5.49. The Morgan fingerprint density at radius 1 is 1.40 bits per heavy atom. The summed E-state index contributed by atoms with van der Waals surface area (Å²) in [5, 5.41) is 9.89. The molecule has 4 heteroatoms. The molecule has 1 N–H and O–H groups in total. The summed E-state index contributed by atoms with van der Waals surface area (Å²) in [7, 11) is 0. The minimum absolute atomic E-state index is 0.0330. The largest absolute Gasteiger partial charge is 0.391 e. The van der Waals surface area contributed by atoms with Crippen LogP contribution in [0.15, 0.2) is 24.3 Å². The van der Waals surface area contributed by atoms with Gasteiger partial charge in [0.25, 0.3) is 5.91 Å². The highest BCUT2D eigenvalue weighted by molar-refractivity contribution is 7.98. The number of rotatable bonds is 4. The van der Waals surface area contributed by atoms with Crippen LogP contribution in [0.25, 0.3) is 0 Å². The molecule has 1 aromatic carbocycles. The molecule has 1 aromatic rings. The van der Waals surface area contributed by atoms with Gasteiger partial charge in [-0.25, -0.2) is 0 Å². The molecule has 2 atom stereocenters. The number of carbonyl (C=O) groups excluding carboxylic acids is 1. The smallest absolute Gasteiger partial charge is 0.253 e. The Morgan fingerprint density at radius 2 is 2.10 bits per heavy atom. The van der Waals surface area contributed by atoms with Gasteiger partial charge < -0.3 is 10.0 Å². The molecule has 110 valence electrons. The standard InChI is InChI=1S/C16H23NO2S/c1-3-20-11-13-4-6-14(7-5-13)16(19)17-9-8-12(2)15(18)10-17/h4-7,12,15,18H,3,8-11H2,1-2H3. The second-order valence-electron chi connectivity index (χ2n) is 5.42. The molecule has 3 nitrogen and oxygen atoms in total. The van der Waals surface area contributed by atoms with Gasteiger partial charge >= 0.3 is 0 Å². The lowest BCUT2D eigenvalue weighted by atomic mass is 9.95. The molecule has 20 heavy (non-hydrogen) atoms. The molecule has 0 aromatic heterocycles. The molecule has 0 aliphatic carbocycles. The van der Waals surface area contributed by atoms with Crippen molar-refractivity contribution in [2.75, 3.05) is 18.8 Å². The summed E-state index contributed by atoms with van der Waals surface area (Å²) < 4.78 is 0. The summed E-state index contributed by atoms with van der Waals surface area (Å²) in [5.74, 6) is 2.41. The van der Waals surface area contributed by atoms with Crippen LogP contribution in [0, 0.1) is 5.92 Å². The van der Waals surface area contributed by atoms with Crippen LogP contribution < -0.4 is 0 Å². The quantitative estimate of drug-likeness (QED) is 0.928. The van der Waals surface area contributed by atoms with Crippen LogP contribution in [0.2, 0.25) is 0 Å². The zero-order valence-electron chi connectivity index (χ0n) is 12.2. The van der Waals surface area contributed by atoms with E-state index in [0.717, 1.165) is 30.0 Å². The van der Waals surface area contributed by atoms with Crippen molar-refractivity contribution in [1.29, 1.82) is 0 Å². The molecular formula is C16H23NO2S. The van der Waals surface area contributed by atoms with Crippen molar-refractivity contribution in [3.8, 4) is 0 Å². The third kappa shape index (κ3) is 3.76. The van der Waals surface area contributed by atoms with E-state index in [9.17, 15) is 9.90 Å². The molecule has 1 heterocycles. The van der Waals surface area contributed by atoms with E-state index in [2.05, 4.69) is 6.92 Å².